The fourth-order valence-corrected chi connectivity index (χ4v) is 1.37. The minimum Gasteiger partial charge on any atom is -0.465 e. The van der Waals surface area contributed by atoms with Crippen LogP contribution in [-0.2, 0) is 4.74 Å². The number of hydrogen-bond acceptors (Lipinski definition) is 5. The van der Waals surface area contributed by atoms with Gasteiger partial charge in [0.25, 0.3) is 0 Å². The minimum atomic E-state index is -0.635. The zero-order chi connectivity index (χ0) is 11.7. The van der Waals surface area contributed by atoms with Crippen LogP contribution < -0.4 is 0 Å². The SMILES string of the molecule is COC(=O)c1cc2ccc([N+](=O)[O-])oc-2c1. The molecule has 1 aliphatic heterocycles. The Balaban J connectivity index is 2.51. The van der Waals surface area contributed by atoms with E-state index in [2.05, 4.69) is 4.74 Å². The molecule has 16 heavy (non-hydrogen) atoms. The fraction of sp³-hybridized carbons (Fsp3) is 0.100. The standard InChI is InChI=1S/C10H7NO5/c1-15-10(12)7-4-6-2-3-9(11(13)14)16-8(6)5-7/h2-5H,1H3. The van der Waals surface area contributed by atoms with Crippen LogP contribution in [-0.4, -0.2) is 18.0 Å². The van der Waals surface area contributed by atoms with E-state index >= 15 is 0 Å². The molecule has 2 rings (SSSR count). The number of hydrogen-bond donors (Lipinski definition) is 0. The van der Waals surface area contributed by atoms with E-state index in [4.69, 9.17) is 4.42 Å². The third kappa shape index (κ3) is 1.60. The van der Waals surface area contributed by atoms with Crippen LogP contribution in [0, 0.1) is 10.1 Å². The molecule has 0 aromatic rings. The molecule has 0 aromatic carbocycles. The molecule has 0 amide bonds. The van der Waals surface area contributed by atoms with Crippen LogP contribution in [0.4, 0.5) is 5.88 Å². The molecule has 1 aliphatic carbocycles. The quantitative estimate of drug-likeness (QED) is 0.440. The first-order chi connectivity index (χ1) is 7.61. The highest BCUT2D eigenvalue weighted by Crippen LogP contribution is 2.30. The molecule has 0 unspecified atom stereocenters. The molecule has 2 aliphatic rings. The maximum atomic E-state index is 11.2. The molecule has 0 bridgehead atoms. The highest BCUT2D eigenvalue weighted by Gasteiger charge is 2.18. The Kier molecular flexibility index (Phi) is 2.32. The molecule has 82 valence electrons. The summed E-state index contributed by atoms with van der Waals surface area (Å²) < 4.78 is 9.52. The van der Waals surface area contributed by atoms with Gasteiger partial charge < -0.3 is 9.15 Å². The van der Waals surface area contributed by atoms with Crippen molar-refractivity contribution < 1.29 is 18.9 Å². The molecular weight excluding hydrogens is 214 g/mol. The zero-order valence-electron chi connectivity index (χ0n) is 8.30. The van der Waals surface area contributed by atoms with Crippen LogP contribution in [0.25, 0.3) is 11.3 Å². The zero-order valence-corrected chi connectivity index (χ0v) is 8.30. The van der Waals surface area contributed by atoms with E-state index in [1.807, 2.05) is 0 Å². The molecular formula is C10H7NO5. The number of esters is 1. The molecule has 0 N–H and O–H groups in total. The molecule has 0 radical (unpaired) electrons. The topological polar surface area (TPSA) is 82.6 Å². The van der Waals surface area contributed by atoms with E-state index in [1.54, 1.807) is 6.07 Å². The number of ether oxygens (including phenoxy) is 1. The summed E-state index contributed by atoms with van der Waals surface area (Å²) in [6.45, 7) is 0. The molecule has 6 nitrogen and oxygen atoms in total. The number of methoxy groups -OCH3 is 1. The Labute approximate surface area is 89.9 Å². The first-order valence-corrected chi connectivity index (χ1v) is 4.38. The lowest BCUT2D eigenvalue weighted by molar-refractivity contribution is -0.402. The van der Waals surface area contributed by atoms with Gasteiger partial charge in [0.1, 0.15) is 10.7 Å². The summed E-state index contributed by atoms with van der Waals surface area (Å²) >= 11 is 0. The van der Waals surface area contributed by atoms with Gasteiger partial charge in [0.15, 0.2) is 0 Å². The van der Waals surface area contributed by atoms with Gasteiger partial charge in [-0.25, -0.2) is 4.79 Å². The van der Waals surface area contributed by atoms with Crippen LogP contribution in [0.1, 0.15) is 10.4 Å². The van der Waals surface area contributed by atoms with Gasteiger partial charge in [-0.2, -0.15) is 0 Å². The average Bonchev–Trinajstić information content (AvgIpc) is 2.70. The van der Waals surface area contributed by atoms with Gasteiger partial charge >= 0.3 is 11.9 Å². The maximum Gasteiger partial charge on any atom is 0.433 e. The highest BCUT2D eigenvalue weighted by atomic mass is 16.6. The first kappa shape index (κ1) is 10.2. The lowest BCUT2D eigenvalue weighted by Crippen LogP contribution is -1.97. The Bertz CT molecular complexity index is 530. The third-order valence-corrected chi connectivity index (χ3v) is 2.10. The predicted octanol–water partition coefficient (Wildman–Crippen LogP) is 2.08. The Morgan fingerprint density at radius 3 is 2.81 bits per heavy atom. The van der Waals surface area contributed by atoms with Crippen molar-refractivity contribution in [1.29, 1.82) is 0 Å². The van der Waals surface area contributed by atoms with Gasteiger partial charge in [-0.05, 0) is 18.2 Å². The van der Waals surface area contributed by atoms with Crippen LogP contribution >= 0.6 is 0 Å². The summed E-state index contributed by atoms with van der Waals surface area (Å²) in [6.07, 6.45) is 0. The van der Waals surface area contributed by atoms with Crippen LogP contribution in [0.5, 0.6) is 0 Å². The van der Waals surface area contributed by atoms with Gasteiger partial charge in [0.2, 0.25) is 0 Å². The lowest BCUT2D eigenvalue weighted by Gasteiger charge is -1.95. The average molecular weight is 221 g/mol. The van der Waals surface area contributed by atoms with Gasteiger partial charge in [-0.1, -0.05) is 0 Å². The first-order valence-electron chi connectivity index (χ1n) is 4.38. The molecule has 0 spiro atoms. The molecule has 6 heteroatoms. The second kappa shape index (κ2) is 3.65. The van der Waals surface area contributed by atoms with E-state index in [-0.39, 0.29) is 11.6 Å². The monoisotopic (exact) mass is 221 g/mol. The van der Waals surface area contributed by atoms with Crippen LogP contribution in [0.2, 0.25) is 0 Å². The Hall–Kier alpha value is -2.37. The summed E-state index contributed by atoms with van der Waals surface area (Å²) in [6, 6.07) is 5.72. The van der Waals surface area contributed by atoms with Crippen LogP contribution in [0.15, 0.2) is 28.7 Å². The van der Waals surface area contributed by atoms with E-state index in [1.165, 1.54) is 25.3 Å². The smallest absolute Gasteiger partial charge is 0.433 e. The van der Waals surface area contributed by atoms with Crippen molar-refractivity contribution in [3.05, 3.63) is 39.9 Å². The van der Waals surface area contributed by atoms with Crippen molar-refractivity contribution in [2.45, 2.75) is 0 Å². The van der Waals surface area contributed by atoms with Crippen molar-refractivity contribution in [1.82, 2.24) is 0 Å². The largest absolute Gasteiger partial charge is 0.465 e. The molecule has 0 atom stereocenters. The van der Waals surface area contributed by atoms with E-state index in [9.17, 15) is 14.9 Å². The van der Waals surface area contributed by atoms with E-state index in [0.717, 1.165) is 0 Å². The van der Waals surface area contributed by atoms with Gasteiger partial charge in [-0.3, -0.25) is 10.1 Å². The highest BCUT2D eigenvalue weighted by molar-refractivity contribution is 5.93. The fourth-order valence-electron chi connectivity index (χ4n) is 1.37. The summed E-state index contributed by atoms with van der Waals surface area (Å²) in [5.74, 6) is -0.585. The second-order valence-electron chi connectivity index (χ2n) is 3.09. The van der Waals surface area contributed by atoms with Gasteiger partial charge in [0, 0.05) is 5.56 Å². The molecule has 0 aromatic heterocycles. The summed E-state index contributed by atoms with van der Waals surface area (Å²) in [7, 11) is 1.26. The maximum absolute atomic E-state index is 11.2. The van der Waals surface area contributed by atoms with Crippen molar-refractivity contribution in [3.8, 4) is 11.3 Å². The molecule has 1 heterocycles. The summed E-state index contributed by atoms with van der Waals surface area (Å²) in [4.78, 5) is 21.0. The van der Waals surface area contributed by atoms with Crippen molar-refractivity contribution >= 4 is 11.9 Å². The molecule has 0 saturated heterocycles. The number of carbonyl (C=O) groups is 1. The number of rotatable bonds is 2. The van der Waals surface area contributed by atoms with Crippen molar-refractivity contribution in [2.24, 2.45) is 0 Å². The van der Waals surface area contributed by atoms with E-state index in [0.29, 0.717) is 11.1 Å². The lowest BCUT2D eigenvalue weighted by atomic mass is 10.2. The number of nitro groups is 1. The van der Waals surface area contributed by atoms with E-state index < -0.39 is 10.9 Å². The van der Waals surface area contributed by atoms with Gasteiger partial charge in [0.05, 0.1) is 18.7 Å². The number of carbonyl (C=O) groups excluding carboxylic acids is 1. The molecule has 0 fully saturated rings. The third-order valence-electron chi connectivity index (χ3n) is 2.10. The predicted molar refractivity (Wildman–Crippen MR) is 53.3 cm³/mol. The summed E-state index contributed by atoms with van der Waals surface area (Å²) in [5.41, 5.74) is 0.924. The Morgan fingerprint density at radius 2 is 2.19 bits per heavy atom. The minimum absolute atomic E-state index is 0.287. The van der Waals surface area contributed by atoms with Crippen molar-refractivity contribution in [3.63, 3.8) is 0 Å². The van der Waals surface area contributed by atoms with Crippen molar-refractivity contribution in [2.75, 3.05) is 7.11 Å². The molecule has 0 saturated carbocycles. The van der Waals surface area contributed by atoms with Crippen LogP contribution in [0.3, 0.4) is 0 Å². The normalized spacial score (nSPS) is 10.3. The van der Waals surface area contributed by atoms with Gasteiger partial charge in [-0.15, -0.1) is 0 Å². The number of fused-ring (bicyclic) bond motifs is 1. The second-order valence-corrected chi connectivity index (χ2v) is 3.09. The Morgan fingerprint density at radius 1 is 1.44 bits per heavy atom. The number of nitrogens with zero attached hydrogens (tertiary/aromatic N) is 1. The summed E-state index contributed by atoms with van der Waals surface area (Å²) in [5, 5.41) is 10.5.